The SMILES string of the molecule is O=C1N[C@@H](c2ccc([N+](=O)[O-])cc2)[C@@H]1Br. The Hall–Kier alpha value is -1.43. The summed E-state index contributed by atoms with van der Waals surface area (Å²) in [5.74, 6) is -0.0571. The van der Waals surface area contributed by atoms with Gasteiger partial charge in [-0.3, -0.25) is 14.9 Å². The van der Waals surface area contributed by atoms with Crippen LogP contribution in [0, 0.1) is 10.1 Å². The van der Waals surface area contributed by atoms with Gasteiger partial charge in [-0.05, 0) is 5.56 Å². The summed E-state index contributed by atoms with van der Waals surface area (Å²) in [7, 11) is 0. The number of hydrogen-bond acceptors (Lipinski definition) is 3. The highest BCUT2D eigenvalue weighted by molar-refractivity contribution is 9.10. The van der Waals surface area contributed by atoms with Crippen LogP contribution in [-0.4, -0.2) is 15.7 Å². The van der Waals surface area contributed by atoms with E-state index in [1.807, 2.05) is 0 Å². The molecule has 15 heavy (non-hydrogen) atoms. The lowest BCUT2D eigenvalue weighted by atomic mass is 9.97. The predicted molar refractivity (Wildman–Crippen MR) is 56.7 cm³/mol. The monoisotopic (exact) mass is 270 g/mol. The van der Waals surface area contributed by atoms with E-state index in [9.17, 15) is 14.9 Å². The van der Waals surface area contributed by atoms with Gasteiger partial charge in [-0.25, -0.2) is 0 Å². The van der Waals surface area contributed by atoms with Crippen LogP contribution in [0.5, 0.6) is 0 Å². The molecule has 6 heteroatoms. The van der Waals surface area contributed by atoms with Crippen molar-refractivity contribution in [1.82, 2.24) is 5.32 Å². The molecule has 0 saturated carbocycles. The Bertz CT molecular complexity index is 418. The number of nitro groups is 1. The first kappa shape index (κ1) is 10.1. The Labute approximate surface area is 93.8 Å². The Morgan fingerprint density at radius 1 is 1.33 bits per heavy atom. The Kier molecular flexibility index (Phi) is 2.44. The van der Waals surface area contributed by atoms with Gasteiger partial charge in [0.1, 0.15) is 4.83 Å². The highest BCUT2D eigenvalue weighted by Crippen LogP contribution is 2.30. The van der Waals surface area contributed by atoms with E-state index in [0.717, 1.165) is 5.56 Å². The van der Waals surface area contributed by atoms with Gasteiger partial charge < -0.3 is 5.32 Å². The van der Waals surface area contributed by atoms with Crippen LogP contribution in [0.2, 0.25) is 0 Å². The number of rotatable bonds is 2. The maximum atomic E-state index is 10.9. The lowest BCUT2D eigenvalue weighted by Gasteiger charge is -2.33. The van der Waals surface area contributed by atoms with E-state index in [1.165, 1.54) is 12.1 Å². The fourth-order valence-electron chi connectivity index (χ4n) is 1.42. The molecule has 0 unspecified atom stereocenters. The second-order valence-electron chi connectivity index (χ2n) is 3.24. The summed E-state index contributed by atoms with van der Waals surface area (Å²) in [6.45, 7) is 0. The first-order valence-corrected chi connectivity index (χ1v) is 5.20. The highest BCUT2D eigenvalue weighted by Gasteiger charge is 2.38. The standard InChI is InChI=1S/C9H7BrN2O3/c10-7-8(11-9(7)13)5-1-3-6(4-2-5)12(14)15/h1-4,7-8H,(H,11,13)/t7-,8-/m0/s1. The van der Waals surface area contributed by atoms with E-state index < -0.39 is 4.92 Å². The van der Waals surface area contributed by atoms with E-state index in [4.69, 9.17) is 0 Å². The van der Waals surface area contributed by atoms with Gasteiger partial charge in [-0.15, -0.1) is 0 Å². The molecule has 0 aliphatic carbocycles. The van der Waals surface area contributed by atoms with Crippen LogP contribution in [0.1, 0.15) is 11.6 Å². The molecule has 1 N–H and O–H groups in total. The summed E-state index contributed by atoms with van der Waals surface area (Å²) in [4.78, 5) is 20.6. The van der Waals surface area contributed by atoms with Crippen molar-refractivity contribution in [2.45, 2.75) is 10.9 Å². The Balaban J connectivity index is 2.18. The van der Waals surface area contributed by atoms with Crippen LogP contribution >= 0.6 is 15.9 Å². The summed E-state index contributed by atoms with van der Waals surface area (Å²) in [5, 5.41) is 13.1. The largest absolute Gasteiger partial charge is 0.347 e. The van der Waals surface area contributed by atoms with E-state index in [1.54, 1.807) is 12.1 Å². The zero-order chi connectivity index (χ0) is 11.0. The van der Waals surface area contributed by atoms with Crippen LogP contribution in [0.3, 0.4) is 0 Å². The van der Waals surface area contributed by atoms with E-state index >= 15 is 0 Å². The van der Waals surface area contributed by atoms with Gasteiger partial charge >= 0.3 is 0 Å². The molecule has 0 spiro atoms. The molecule has 1 aromatic rings. The van der Waals surface area contributed by atoms with Crippen molar-refractivity contribution in [2.24, 2.45) is 0 Å². The summed E-state index contributed by atoms with van der Waals surface area (Å²) in [6.07, 6.45) is 0. The second kappa shape index (κ2) is 3.62. The molecule has 5 nitrogen and oxygen atoms in total. The van der Waals surface area contributed by atoms with Gasteiger partial charge in [0.25, 0.3) is 5.69 Å². The minimum atomic E-state index is -0.450. The predicted octanol–water partition coefficient (Wildman–Crippen LogP) is 1.53. The maximum absolute atomic E-state index is 10.9. The quantitative estimate of drug-likeness (QED) is 0.383. The molecule has 1 saturated heterocycles. The molecule has 0 radical (unpaired) electrons. The molecular weight excluding hydrogens is 264 g/mol. The molecule has 2 rings (SSSR count). The van der Waals surface area contributed by atoms with Crippen molar-refractivity contribution in [2.75, 3.05) is 0 Å². The highest BCUT2D eigenvalue weighted by atomic mass is 79.9. The number of amides is 1. The molecule has 2 atom stereocenters. The van der Waals surface area contributed by atoms with E-state index in [-0.39, 0.29) is 22.5 Å². The summed E-state index contributed by atoms with van der Waals surface area (Å²) < 4.78 is 0. The number of halogens is 1. The average Bonchev–Trinajstić information content (AvgIpc) is 2.25. The minimum absolute atomic E-state index is 0.0514. The number of benzene rings is 1. The smallest absolute Gasteiger partial charge is 0.269 e. The van der Waals surface area contributed by atoms with Gasteiger partial charge in [0.05, 0.1) is 11.0 Å². The average molecular weight is 271 g/mol. The van der Waals surface area contributed by atoms with E-state index in [2.05, 4.69) is 21.2 Å². The number of hydrogen-bond donors (Lipinski definition) is 1. The number of β-lactam (4-membered cyclic amide) rings is 1. The number of nitrogens with one attached hydrogen (secondary N) is 1. The lowest BCUT2D eigenvalue weighted by Crippen LogP contribution is -2.52. The number of nitrogens with zero attached hydrogens (tertiary/aromatic N) is 1. The molecule has 1 amide bonds. The maximum Gasteiger partial charge on any atom is 0.269 e. The van der Waals surface area contributed by atoms with Crippen LogP contribution in [0.15, 0.2) is 24.3 Å². The number of carbonyl (C=O) groups is 1. The number of alkyl halides is 1. The first-order chi connectivity index (χ1) is 7.09. The van der Waals surface area contributed by atoms with Gasteiger partial charge in [-0.1, -0.05) is 28.1 Å². The number of non-ortho nitro benzene ring substituents is 1. The third-order valence-electron chi connectivity index (χ3n) is 2.30. The molecule has 1 aliphatic rings. The van der Waals surface area contributed by atoms with Gasteiger partial charge in [0.15, 0.2) is 0 Å². The van der Waals surface area contributed by atoms with Crippen molar-refractivity contribution in [3.05, 3.63) is 39.9 Å². The fraction of sp³-hybridized carbons (Fsp3) is 0.222. The molecule has 1 heterocycles. The number of nitro benzene ring substituents is 1. The molecular formula is C9H7BrN2O3. The second-order valence-corrected chi connectivity index (χ2v) is 4.22. The zero-order valence-corrected chi connectivity index (χ0v) is 9.10. The number of carbonyl (C=O) groups excluding carboxylic acids is 1. The van der Waals surface area contributed by atoms with Crippen molar-refractivity contribution < 1.29 is 9.72 Å². The molecule has 78 valence electrons. The van der Waals surface area contributed by atoms with Crippen molar-refractivity contribution in [1.29, 1.82) is 0 Å². The van der Waals surface area contributed by atoms with Crippen LogP contribution in [-0.2, 0) is 4.79 Å². The van der Waals surface area contributed by atoms with Crippen LogP contribution in [0.25, 0.3) is 0 Å². The first-order valence-electron chi connectivity index (χ1n) is 4.28. The van der Waals surface area contributed by atoms with Crippen molar-refractivity contribution >= 4 is 27.5 Å². The van der Waals surface area contributed by atoms with Crippen molar-refractivity contribution in [3.8, 4) is 0 Å². The normalized spacial score (nSPS) is 24.2. The van der Waals surface area contributed by atoms with Gasteiger partial charge in [-0.2, -0.15) is 0 Å². The van der Waals surface area contributed by atoms with Crippen LogP contribution in [0.4, 0.5) is 5.69 Å². The van der Waals surface area contributed by atoms with Crippen molar-refractivity contribution in [3.63, 3.8) is 0 Å². The molecule has 1 aromatic carbocycles. The molecule has 0 bridgehead atoms. The zero-order valence-electron chi connectivity index (χ0n) is 7.51. The third-order valence-corrected chi connectivity index (χ3v) is 3.25. The Morgan fingerprint density at radius 2 is 1.93 bits per heavy atom. The minimum Gasteiger partial charge on any atom is -0.347 e. The van der Waals surface area contributed by atoms with Gasteiger partial charge in [0, 0.05) is 12.1 Å². The molecule has 1 fully saturated rings. The third kappa shape index (κ3) is 1.72. The van der Waals surface area contributed by atoms with Crippen LogP contribution < -0.4 is 5.32 Å². The summed E-state index contributed by atoms with van der Waals surface area (Å²) in [5.41, 5.74) is 0.914. The summed E-state index contributed by atoms with van der Waals surface area (Å²) >= 11 is 3.23. The summed E-state index contributed by atoms with van der Waals surface area (Å²) in [6, 6.07) is 6.07. The topological polar surface area (TPSA) is 72.2 Å². The lowest BCUT2D eigenvalue weighted by molar-refractivity contribution is -0.384. The Morgan fingerprint density at radius 3 is 2.33 bits per heavy atom. The van der Waals surface area contributed by atoms with E-state index in [0.29, 0.717) is 0 Å². The van der Waals surface area contributed by atoms with Gasteiger partial charge in [0.2, 0.25) is 5.91 Å². The molecule has 1 aliphatic heterocycles. The molecule has 0 aromatic heterocycles. The fourth-order valence-corrected chi connectivity index (χ4v) is 1.99.